The Bertz CT molecular complexity index is 1190. The number of aromatic nitrogens is 3. The van der Waals surface area contributed by atoms with Crippen molar-refractivity contribution in [3.63, 3.8) is 0 Å². The molecule has 3 heterocycles. The van der Waals surface area contributed by atoms with Crippen molar-refractivity contribution in [2.45, 2.75) is 26.3 Å². The first-order valence-electron chi connectivity index (χ1n) is 8.87. The van der Waals surface area contributed by atoms with Gasteiger partial charge in [-0.3, -0.25) is 9.38 Å². The molecule has 0 saturated heterocycles. The topological polar surface area (TPSA) is 42.2 Å². The van der Waals surface area contributed by atoms with Crippen LogP contribution in [0.25, 0.3) is 16.2 Å². The van der Waals surface area contributed by atoms with E-state index < -0.39 is 0 Å². The van der Waals surface area contributed by atoms with Gasteiger partial charge in [0.05, 0.1) is 16.0 Å². The number of fused-ring (bicyclic) bond motifs is 1. The Morgan fingerprint density at radius 3 is 2.55 bits per heavy atom. The van der Waals surface area contributed by atoms with Crippen LogP contribution in [0.15, 0.2) is 55.0 Å². The number of hydrogen-bond acceptors (Lipinski definition) is 4. The third kappa shape index (κ3) is 4.76. The quantitative estimate of drug-likeness (QED) is 0.422. The van der Waals surface area contributed by atoms with Crippen LogP contribution >= 0.6 is 23.7 Å². The van der Waals surface area contributed by atoms with Crippen molar-refractivity contribution >= 4 is 35.2 Å². The molecule has 0 aliphatic rings. The van der Waals surface area contributed by atoms with E-state index in [0.717, 1.165) is 32.5 Å². The summed E-state index contributed by atoms with van der Waals surface area (Å²) in [5.74, 6) is 6.90. The van der Waals surface area contributed by atoms with Crippen LogP contribution in [0.5, 0.6) is 0 Å². The number of rotatable bonds is 2. The maximum atomic E-state index is 13.0. The number of thiophene rings is 1. The van der Waals surface area contributed by atoms with Crippen molar-refractivity contribution in [2.75, 3.05) is 5.32 Å². The highest BCUT2D eigenvalue weighted by Gasteiger charge is 2.20. The van der Waals surface area contributed by atoms with E-state index in [1.807, 2.05) is 22.7 Å². The van der Waals surface area contributed by atoms with Gasteiger partial charge in [0.2, 0.25) is 0 Å². The molecule has 0 saturated carbocycles. The minimum absolute atomic E-state index is 0. The molecule has 4 rings (SSSR count). The molecule has 7 heteroatoms. The third-order valence-corrected chi connectivity index (χ3v) is 4.94. The number of anilines is 1. The lowest BCUT2D eigenvalue weighted by molar-refractivity contribution is 0.627. The minimum Gasteiger partial charge on any atom is -0.365 e. The molecule has 1 aromatic carbocycles. The predicted octanol–water partition coefficient (Wildman–Crippen LogP) is 5.63. The van der Waals surface area contributed by atoms with Crippen LogP contribution in [0.3, 0.4) is 0 Å². The van der Waals surface area contributed by atoms with E-state index in [9.17, 15) is 4.39 Å². The van der Waals surface area contributed by atoms with Gasteiger partial charge in [0, 0.05) is 23.5 Å². The highest BCUT2D eigenvalue weighted by atomic mass is 35.5. The Balaban J connectivity index is 0.00000240. The summed E-state index contributed by atoms with van der Waals surface area (Å²) < 4.78 is 15.0. The first kappa shape index (κ1) is 20.8. The van der Waals surface area contributed by atoms with E-state index in [4.69, 9.17) is 4.98 Å². The van der Waals surface area contributed by atoms with E-state index >= 15 is 0 Å². The van der Waals surface area contributed by atoms with Crippen LogP contribution in [-0.4, -0.2) is 19.9 Å². The Labute approximate surface area is 179 Å². The van der Waals surface area contributed by atoms with Crippen molar-refractivity contribution in [1.29, 1.82) is 0 Å². The van der Waals surface area contributed by atoms with Crippen LogP contribution in [0, 0.1) is 17.7 Å². The average molecular weight is 427 g/mol. The SMILES string of the molecule is CC(C)(C)Nc1c(-c2ccc(C#Cc3ccc(F)cc3)s2)nc2cnccn12.Cl. The minimum atomic E-state index is -0.260. The number of imidazole rings is 1. The highest BCUT2D eigenvalue weighted by molar-refractivity contribution is 7.16. The van der Waals surface area contributed by atoms with Gasteiger partial charge in [-0.1, -0.05) is 11.8 Å². The van der Waals surface area contributed by atoms with Crippen molar-refractivity contribution < 1.29 is 4.39 Å². The molecule has 0 aliphatic carbocycles. The first-order valence-corrected chi connectivity index (χ1v) is 9.69. The molecule has 4 nitrogen and oxygen atoms in total. The van der Waals surface area contributed by atoms with Gasteiger partial charge in [0.1, 0.15) is 17.3 Å². The molecule has 148 valence electrons. The number of benzene rings is 1. The fourth-order valence-electron chi connectivity index (χ4n) is 2.75. The van der Waals surface area contributed by atoms with E-state index in [1.54, 1.807) is 35.9 Å². The molecule has 4 aromatic rings. The molecule has 29 heavy (non-hydrogen) atoms. The summed E-state index contributed by atoms with van der Waals surface area (Å²) in [6.07, 6.45) is 5.41. The molecule has 0 bridgehead atoms. The molecule has 3 aromatic heterocycles. The second-order valence-electron chi connectivity index (χ2n) is 7.41. The fourth-order valence-corrected chi connectivity index (χ4v) is 3.60. The molecule has 0 radical (unpaired) electrons. The molecule has 0 spiro atoms. The Kier molecular flexibility index (Phi) is 5.92. The summed E-state index contributed by atoms with van der Waals surface area (Å²) >= 11 is 1.58. The lowest BCUT2D eigenvalue weighted by Crippen LogP contribution is -2.27. The monoisotopic (exact) mass is 426 g/mol. The largest absolute Gasteiger partial charge is 0.365 e. The van der Waals surface area contributed by atoms with E-state index in [1.165, 1.54) is 12.1 Å². The van der Waals surface area contributed by atoms with Gasteiger partial charge < -0.3 is 5.32 Å². The normalized spacial score (nSPS) is 10.9. The van der Waals surface area contributed by atoms with Crippen LogP contribution in [0.2, 0.25) is 0 Å². The van der Waals surface area contributed by atoms with Crippen LogP contribution in [-0.2, 0) is 0 Å². The predicted molar refractivity (Wildman–Crippen MR) is 119 cm³/mol. The highest BCUT2D eigenvalue weighted by Crippen LogP contribution is 2.34. The van der Waals surface area contributed by atoms with Gasteiger partial charge >= 0.3 is 0 Å². The van der Waals surface area contributed by atoms with Crippen molar-refractivity contribution in [1.82, 2.24) is 14.4 Å². The molecule has 0 atom stereocenters. The number of nitrogens with zero attached hydrogens (tertiary/aromatic N) is 3. The first-order chi connectivity index (χ1) is 13.4. The summed E-state index contributed by atoms with van der Waals surface area (Å²) in [5, 5.41) is 3.55. The van der Waals surface area contributed by atoms with Gasteiger partial charge in [0.15, 0.2) is 5.65 Å². The molecule has 0 aliphatic heterocycles. The Morgan fingerprint density at radius 2 is 1.83 bits per heavy atom. The van der Waals surface area contributed by atoms with Crippen molar-refractivity contribution in [2.24, 2.45) is 0 Å². The third-order valence-electron chi connectivity index (χ3n) is 3.94. The average Bonchev–Trinajstić information content (AvgIpc) is 3.25. The number of halogens is 2. The summed E-state index contributed by atoms with van der Waals surface area (Å²) in [4.78, 5) is 10.9. The van der Waals surface area contributed by atoms with Crippen LogP contribution in [0.1, 0.15) is 31.2 Å². The summed E-state index contributed by atoms with van der Waals surface area (Å²) in [6.45, 7) is 6.35. The van der Waals surface area contributed by atoms with Crippen LogP contribution < -0.4 is 5.32 Å². The zero-order valence-electron chi connectivity index (χ0n) is 16.2. The van der Waals surface area contributed by atoms with Crippen molar-refractivity contribution in [3.05, 3.63) is 71.2 Å². The molecule has 0 fully saturated rings. The van der Waals surface area contributed by atoms with Gasteiger partial charge in [0.25, 0.3) is 0 Å². The maximum Gasteiger partial charge on any atom is 0.157 e. The van der Waals surface area contributed by atoms with E-state index in [2.05, 4.69) is 42.9 Å². The lowest BCUT2D eigenvalue weighted by Gasteiger charge is -2.22. The van der Waals surface area contributed by atoms with Gasteiger partial charge in [-0.2, -0.15) is 0 Å². The maximum absolute atomic E-state index is 13.0. The Hall–Kier alpha value is -2.88. The summed E-state index contributed by atoms with van der Waals surface area (Å²) in [5.41, 5.74) is 2.33. The molecular formula is C22H20ClFN4S. The van der Waals surface area contributed by atoms with Gasteiger partial charge in [-0.15, -0.1) is 23.7 Å². The van der Waals surface area contributed by atoms with Gasteiger partial charge in [-0.05, 0) is 57.2 Å². The van der Waals surface area contributed by atoms with Gasteiger partial charge in [-0.25, -0.2) is 9.37 Å². The summed E-state index contributed by atoms with van der Waals surface area (Å²) in [6, 6.07) is 10.2. The fraction of sp³-hybridized carbons (Fsp3) is 0.182. The van der Waals surface area contributed by atoms with Crippen LogP contribution in [0.4, 0.5) is 10.2 Å². The lowest BCUT2D eigenvalue weighted by atomic mass is 10.1. The molecule has 1 N–H and O–H groups in total. The second-order valence-corrected chi connectivity index (χ2v) is 8.49. The molecule has 0 unspecified atom stereocenters. The van der Waals surface area contributed by atoms with E-state index in [0.29, 0.717) is 0 Å². The molecular weight excluding hydrogens is 407 g/mol. The summed E-state index contributed by atoms with van der Waals surface area (Å²) in [7, 11) is 0. The number of hydrogen-bond donors (Lipinski definition) is 1. The second kappa shape index (κ2) is 8.24. The smallest absolute Gasteiger partial charge is 0.157 e. The number of nitrogens with one attached hydrogen (secondary N) is 1. The molecule has 0 amide bonds. The Morgan fingerprint density at radius 1 is 1.07 bits per heavy atom. The zero-order chi connectivity index (χ0) is 19.7. The van der Waals surface area contributed by atoms with E-state index in [-0.39, 0.29) is 23.8 Å². The standard InChI is InChI=1S/C22H19FN4S.ClH/c1-22(2,3)26-21-20(25-19-14-24-12-13-27(19)21)18-11-10-17(28-18)9-6-15-4-7-16(23)8-5-15;/h4-5,7-8,10-14,26H,1-3H3;1H. The zero-order valence-corrected chi connectivity index (χ0v) is 17.9. The van der Waals surface area contributed by atoms with Crippen molar-refractivity contribution in [3.8, 4) is 22.4 Å².